The topological polar surface area (TPSA) is 52.6 Å². The van der Waals surface area contributed by atoms with Crippen molar-refractivity contribution in [3.05, 3.63) is 71.8 Å². The molecule has 0 spiro atoms. The van der Waals surface area contributed by atoms with Gasteiger partial charge in [-0.2, -0.15) is 0 Å². The van der Waals surface area contributed by atoms with Crippen LogP contribution in [0.25, 0.3) is 0 Å². The van der Waals surface area contributed by atoms with E-state index in [4.69, 9.17) is 0 Å². The Morgan fingerprint density at radius 2 is 1.67 bits per heavy atom. The number of aliphatic carboxylic acids is 1. The Bertz CT molecular complexity index is 908. The van der Waals surface area contributed by atoms with Crippen LogP contribution in [0.4, 0.5) is 0 Å². The second kappa shape index (κ2) is 13.4. The number of hydrogen-bond donors (Lipinski definition) is 2. The Kier molecular flexibility index (Phi) is 10.0. The van der Waals surface area contributed by atoms with Crippen molar-refractivity contribution in [2.24, 2.45) is 17.8 Å². The van der Waals surface area contributed by atoms with Gasteiger partial charge < -0.3 is 15.3 Å². The molecule has 4 nitrogen and oxygen atoms in total. The van der Waals surface area contributed by atoms with Gasteiger partial charge in [0.25, 0.3) is 0 Å². The third kappa shape index (κ3) is 7.91. The number of nitrogens with one attached hydrogen (secondary N) is 1. The highest BCUT2D eigenvalue weighted by Gasteiger charge is 2.38. The lowest BCUT2D eigenvalue weighted by Gasteiger charge is -2.35. The van der Waals surface area contributed by atoms with E-state index in [2.05, 4.69) is 84.7 Å². The number of benzene rings is 2. The molecule has 4 heteroatoms. The number of aryl methyl sites for hydroxylation is 1. The van der Waals surface area contributed by atoms with Crippen molar-refractivity contribution in [3.63, 3.8) is 0 Å². The van der Waals surface area contributed by atoms with Gasteiger partial charge in [-0.1, -0.05) is 80.9 Å². The van der Waals surface area contributed by atoms with E-state index in [0.29, 0.717) is 24.2 Å². The van der Waals surface area contributed by atoms with Gasteiger partial charge in [0.2, 0.25) is 0 Å². The average Bonchev–Trinajstić information content (AvgIpc) is 3.27. The highest BCUT2D eigenvalue weighted by Crippen LogP contribution is 2.41. The zero-order valence-corrected chi connectivity index (χ0v) is 22.3. The largest absolute Gasteiger partial charge is 0.480 e. The minimum atomic E-state index is -0.710. The molecule has 1 aliphatic heterocycles. The number of likely N-dealkylation sites (tertiary alicyclic amines) is 1. The van der Waals surface area contributed by atoms with Crippen molar-refractivity contribution in [3.8, 4) is 0 Å². The number of rotatable bonds is 12. The molecule has 1 heterocycles. The summed E-state index contributed by atoms with van der Waals surface area (Å²) in [5, 5.41) is 13.3. The lowest BCUT2D eigenvalue weighted by molar-refractivity contribution is -0.140. The van der Waals surface area contributed by atoms with Crippen molar-refractivity contribution in [1.82, 2.24) is 10.2 Å². The first-order valence-corrected chi connectivity index (χ1v) is 14.3. The normalized spacial score (nSPS) is 24.2. The van der Waals surface area contributed by atoms with Crippen LogP contribution in [-0.2, 0) is 11.2 Å². The fraction of sp³-hybridized carbons (Fsp3) is 0.594. The lowest BCUT2D eigenvalue weighted by Crippen LogP contribution is -2.43. The fourth-order valence-electron chi connectivity index (χ4n) is 6.60. The molecule has 2 fully saturated rings. The molecule has 1 saturated carbocycles. The molecule has 2 N–H and O–H groups in total. The quantitative estimate of drug-likeness (QED) is 0.363. The number of carboxylic acid groups (broad SMARTS) is 1. The average molecular weight is 491 g/mol. The van der Waals surface area contributed by atoms with Crippen molar-refractivity contribution in [2.45, 2.75) is 83.2 Å². The van der Waals surface area contributed by atoms with E-state index in [9.17, 15) is 9.90 Å². The van der Waals surface area contributed by atoms with Crippen LogP contribution in [0.5, 0.6) is 0 Å². The van der Waals surface area contributed by atoms with Crippen LogP contribution in [0.3, 0.4) is 0 Å². The summed E-state index contributed by atoms with van der Waals surface area (Å²) in [7, 11) is 0. The standard InChI is InChI=1S/C32H46N2O2/c1-24(2)20-31(32(35)36)33-29-21-28(30(22-29)27-14-7-4-8-15-27)23-34-18-16-26(17-19-34)13-9-12-25-10-5-3-6-11-25/h3-8,10-11,14-15,24,26,28-31,33H,9,12-13,16-23H2,1-2H3,(H,35,36)/t28?,29?,30?,31-/m0/s1. The molecule has 2 aromatic carbocycles. The van der Waals surface area contributed by atoms with Gasteiger partial charge in [-0.25, -0.2) is 0 Å². The zero-order valence-electron chi connectivity index (χ0n) is 22.3. The number of hydrogen-bond acceptors (Lipinski definition) is 3. The summed E-state index contributed by atoms with van der Waals surface area (Å²) in [6.45, 7) is 7.76. The summed E-state index contributed by atoms with van der Waals surface area (Å²) >= 11 is 0. The Morgan fingerprint density at radius 3 is 2.31 bits per heavy atom. The van der Waals surface area contributed by atoms with Crippen molar-refractivity contribution in [2.75, 3.05) is 19.6 Å². The van der Waals surface area contributed by atoms with Gasteiger partial charge in [0.05, 0.1) is 0 Å². The summed E-state index contributed by atoms with van der Waals surface area (Å²) in [6.07, 6.45) is 9.25. The van der Waals surface area contributed by atoms with Crippen LogP contribution in [0.1, 0.15) is 75.8 Å². The smallest absolute Gasteiger partial charge is 0.320 e. The Balaban J connectivity index is 1.29. The molecule has 2 aromatic rings. The van der Waals surface area contributed by atoms with E-state index in [-0.39, 0.29) is 6.04 Å². The van der Waals surface area contributed by atoms with Crippen LogP contribution in [0.2, 0.25) is 0 Å². The van der Waals surface area contributed by atoms with Crippen LogP contribution >= 0.6 is 0 Å². The molecule has 3 unspecified atom stereocenters. The maximum absolute atomic E-state index is 11.9. The van der Waals surface area contributed by atoms with Gasteiger partial charge in [0.1, 0.15) is 6.04 Å². The molecule has 1 aliphatic carbocycles. The van der Waals surface area contributed by atoms with E-state index >= 15 is 0 Å². The van der Waals surface area contributed by atoms with E-state index < -0.39 is 12.0 Å². The molecule has 4 rings (SSSR count). The fourth-order valence-corrected chi connectivity index (χ4v) is 6.60. The molecule has 0 aromatic heterocycles. The molecule has 2 aliphatic rings. The third-order valence-electron chi connectivity index (χ3n) is 8.49. The summed E-state index contributed by atoms with van der Waals surface area (Å²) < 4.78 is 0. The van der Waals surface area contributed by atoms with Gasteiger partial charge in [-0.15, -0.1) is 0 Å². The number of carbonyl (C=O) groups is 1. The second-order valence-electron chi connectivity index (χ2n) is 11.8. The van der Waals surface area contributed by atoms with Crippen molar-refractivity contribution >= 4 is 5.97 Å². The Hall–Kier alpha value is -2.17. The zero-order chi connectivity index (χ0) is 25.3. The van der Waals surface area contributed by atoms with E-state index in [1.54, 1.807) is 0 Å². The molecule has 36 heavy (non-hydrogen) atoms. The molecule has 196 valence electrons. The molecular weight excluding hydrogens is 444 g/mol. The van der Waals surface area contributed by atoms with Crippen LogP contribution in [-0.4, -0.2) is 47.7 Å². The number of piperidine rings is 1. The van der Waals surface area contributed by atoms with Gasteiger partial charge in [-0.05, 0) is 92.8 Å². The molecular formula is C32H46N2O2. The number of nitrogens with zero attached hydrogens (tertiary/aromatic N) is 1. The van der Waals surface area contributed by atoms with Crippen LogP contribution in [0.15, 0.2) is 60.7 Å². The molecule has 0 radical (unpaired) electrons. The first kappa shape index (κ1) is 26.9. The predicted octanol–water partition coefficient (Wildman–Crippen LogP) is 6.37. The summed E-state index contributed by atoms with van der Waals surface area (Å²) in [5.74, 6) is 1.60. The first-order valence-electron chi connectivity index (χ1n) is 14.3. The maximum atomic E-state index is 11.9. The van der Waals surface area contributed by atoms with Gasteiger partial charge in [-0.3, -0.25) is 4.79 Å². The van der Waals surface area contributed by atoms with E-state index in [0.717, 1.165) is 25.3 Å². The third-order valence-corrected chi connectivity index (χ3v) is 8.49. The van der Waals surface area contributed by atoms with Gasteiger partial charge in [0, 0.05) is 12.6 Å². The Labute approximate surface area is 218 Å². The summed E-state index contributed by atoms with van der Waals surface area (Å²) in [5.41, 5.74) is 2.88. The summed E-state index contributed by atoms with van der Waals surface area (Å²) in [6, 6.07) is 21.6. The molecule has 4 atom stereocenters. The minimum absolute atomic E-state index is 0.274. The molecule has 0 bridgehead atoms. The minimum Gasteiger partial charge on any atom is -0.480 e. The lowest BCUT2D eigenvalue weighted by atomic mass is 9.87. The first-order chi connectivity index (χ1) is 17.5. The monoisotopic (exact) mass is 490 g/mol. The highest BCUT2D eigenvalue weighted by molar-refractivity contribution is 5.73. The maximum Gasteiger partial charge on any atom is 0.320 e. The highest BCUT2D eigenvalue weighted by atomic mass is 16.4. The van der Waals surface area contributed by atoms with Crippen LogP contribution < -0.4 is 5.32 Å². The second-order valence-corrected chi connectivity index (χ2v) is 11.8. The molecule has 1 saturated heterocycles. The molecule has 0 amide bonds. The Morgan fingerprint density at radius 1 is 1.00 bits per heavy atom. The summed E-state index contributed by atoms with van der Waals surface area (Å²) in [4.78, 5) is 14.6. The predicted molar refractivity (Wildman–Crippen MR) is 148 cm³/mol. The van der Waals surface area contributed by atoms with Crippen LogP contribution in [0, 0.1) is 17.8 Å². The van der Waals surface area contributed by atoms with Gasteiger partial charge >= 0.3 is 5.97 Å². The van der Waals surface area contributed by atoms with Crippen molar-refractivity contribution < 1.29 is 9.90 Å². The van der Waals surface area contributed by atoms with E-state index in [1.807, 2.05) is 0 Å². The van der Waals surface area contributed by atoms with Gasteiger partial charge in [0.15, 0.2) is 0 Å². The van der Waals surface area contributed by atoms with E-state index in [1.165, 1.54) is 56.3 Å². The number of carboxylic acids is 1. The van der Waals surface area contributed by atoms with Crippen molar-refractivity contribution in [1.29, 1.82) is 0 Å². The SMILES string of the molecule is CC(C)C[C@H](NC1CC(CN2CCC(CCCc3ccccc3)CC2)C(c2ccccc2)C1)C(=O)O.